The molecular weight excluding hydrogens is 321 g/mol. The van der Waals surface area contributed by atoms with Crippen molar-refractivity contribution in [1.29, 1.82) is 0 Å². The van der Waals surface area contributed by atoms with Gasteiger partial charge in [0.1, 0.15) is 11.6 Å². The molecule has 0 saturated heterocycles. The molecule has 0 bridgehead atoms. The molecule has 0 spiro atoms. The van der Waals surface area contributed by atoms with Crippen LogP contribution in [0.5, 0.6) is 0 Å². The smallest absolute Gasteiger partial charge is 0.335 e. The Morgan fingerprint density at radius 3 is 2.35 bits per heavy atom. The van der Waals surface area contributed by atoms with Gasteiger partial charge >= 0.3 is 5.97 Å². The fraction of sp³-hybridized carbons (Fsp3) is 0.125. The van der Waals surface area contributed by atoms with Gasteiger partial charge in [-0.2, -0.15) is 0 Å². The molecule has 2 aromatic carbocycles. The number of hydrogen-bond acceptors (Lipinski definition) is 3. The lowest BCUT2D eigenvalue weighted by atomic mass is 10.1. The second-order valence-electron chi connectivity index (χ2n) is 4.76. The topological polar surface area (TPSA) is 83.5 Å². The van der Waals surface area contributed by atoms with Gasteiger partial charge in [0.15, 0.2) is 0 Å². The minimum absolute atomic E-state index is 0.0420. The van der Waals surface area contributed by atoms with Crippen molar-refractivity contribution >= 4 is 28.4 Å². The van der Waals surface area contributed by atoms with E-state index in [2.05, 4.69) is 5.32 Å². The highest BCUT2D eigenvalue weighted by atomic mass is 32.2. The lowest BCUT2D eigenvalue weighted by molar-refractivity contribution is -0.113. The van der Waals surface area contributed by atoms with Crippen LogP contribution in [-0.4, -0.2) is 26.9 Å². The van der Waals surface area contributed by atoms with E-state index in [1.165, 1.54) is 30.3 Å². The van der Waals surface area contributed by atoms with Crippen LogP contribution in [0.25, 0.3) is 0 Å². The van der Waals surface area contributed by atoms with Gasteiger partial charge in [-0.05, 0) is 29.8 Å². The number of carbonyl (C=O) groups is 2. The molecule has 23 heavy (non-hydrogen) atoms. The third-order valence-electron chi connectivity index (χ3n) is 2.97. The Bertz CT molecular complexity index is 746. The third-order valence-corrected chi connectivity index (χ3v) is 4.21. The fourth-order valence-corrected chi connectivity index (χ4v) is 2.91. The number of anilines is 1. The van der Waals surface area contributed by atoms with Crippen molar-refractivity contribution in [2.24, 2.45) is 0 Å². The summed E-state index contributed by atoms with van der Waals surface area (Å²) in [5.41, 5.74) is 0.837. The number of benzene rings is 2. The Labute approximate surface area is 134 Å². The molecular formula is C16H14FNO4S. The Balaban J connectivity index is 1.90. The average Bonchev–Trinajstić information content (AvgIpc) is 2.50. The lowest BCUT2D eigenvalue weighted by Crippen LogP contribution is -2.20. The Morgan fingerprint density at radius 1 is 1.09 bits per heavy atom. The largest absolute Gasteiger partial charge is 0.478 e. The van der Waals surface area contributed by atoms with E-state index in [4.69, 9.17) is 5.11 Å². The van der Waals surface area contributed by atoms with Gasteiger partial charge in [0.05, 0.1) is 11.3 Å². The van der Waals surface area contributed by atoms with Crippen molar-refractivity contribution in [1.82, 2.24) is 0 Å². The quantitative estimate of drug-likeness (QED) is 0.849. The minimum Gasteiger partial charge on any atom is -0.478 e. The van der Waals surface area contributed by atoms with E-state index in [1.807, 2.05) is 0 Å². The van der Waals surface area contributed by atoms with Gasteiger partial charge < -0.3 is 10.4 Å². The molecule has 0 radical (unpaired) electrons. The normalized spacial score (nSPS) is 11.7. The summed E-state index contributed by atoms with van der Waals surface area (Å²) >= 11 is 0. The van der Waals surface area contributed by atoms with Gasteiger partial charge in [-0.3, -0.25) is 9.00 Å². The molecule has 5 nitrogen and oxygen atoms in total. The summed E-state index contributed by atoms with van der Waals surface area (Å²) in [5, 5.41) is 11.2. The number of nitrogens with one attached hydrogen (secondary N) is 1. The molecule has 2 N–H and O–H groups in total. The van der Waals surface area contributed by atoms with E-state index in [9.17, 15) is 18.2 Å². The Morgan fingerprint density at radius 2 is 1.74 bits per heavy atom. The number of carbonyl (C=O) groups excluding carboxylic acids is 1. The van der Waals surface area contributed by atoms with Crippen molar-refractivity contribution in [3.8, 4) is 0 Å². The van der Waals surface area contributed by atoms with Crippen LogP contribution in [-0.2, 0) is 21.3 Å². The van der Waals surface area contributed by atoms with Crippen LogP contribution in [0.3, 0.4) is 0 Å². The molecule has 0 aliphatic heterocycles. The second kappa shape index (κ2) is 7.64. The number of hydrogen-bond donors (Lipinski definition) is 2. The first kappa shape index (κ1) is 16.8. The molecule has 1 unspecified atom stereocenters. The molecule has 1 atom stereocenters. The number of carboxylic acid groups (broad SMARTS) is 1. The third kappa shape index (κ3) is 5.00. The molecule has 7 heteroatoms. The summed E-state index contributed by atoms with van der Waals surface area (Å²) in [5.74, 6) is -2.30. The van der Waals surface area contributed by atoms with Crippen molar-refractivity contribution < 1.29 is 23.3 Å². The molecule has 1 amide bonds. The van der Waals surface area contributed by atoms with E-state index in [-0.39, 0.29) is 22.8 Å². The molecule has 0 aliphatic rings. The number of aromatic carboxylic acids is 1. The number of halogens is 1. The molecule has 120 valence electrons. The predicted molar refractivity (Wildman–Crippen MR) is 85.1 cm³/mol. The molecule has 2 aromatic rings. The van der Waals surface area contributed by atoms with E-state index in [0.717, 1.165) is 0 Å². The van der Waals surface area contributed by atoms with Gasteiger partial charge in [0.2, 0.25) is 5.91 Å². The van der Waals surface area contributed by atoms with Crippen molar-refractivity contribution in [2.75, 3.05) is 11.1 Å². The monoisotopic (exact) mass is 335 g/mol. The zero-order valence-electron chi connectivity index (χ0n) is 12.0. The maximum absolute atomic E-state index is 13.4. The Kier molecular flexibility index (Phi) is 5.59. The van der Waals surface area contributed by atoms with Gasteiger partial charge in [-0.25, -0.2) is 9.18 Å². The average molecular weight is 335 g/mol. The molecule has 2 rings (SSSR count). The second-order valence-corrected chi connectivity index (χ2v) is 6.22. The summed E-state index contributed by atoms with van der Waals surface area (Å²) < 4.78 is 25.4. The maximum atomic E-state index is 13.4. The maximum Gasteiger partial charge on any atom is 0.335 e. The summed E-state index contributed by atoms with van der Waals surface area (Å²) in [6.45, 7) is 0. The summed E-state index contributed by atoms with van der Waals surface area (Å²) in [7, 11) is -1.48. The number of rotatable bonds is 6. The van der Waals surface area contributed by atoms with Gasteiger partial charge in [0.25, 0.3) is 0 Å². The highest BCUT2D eigenvalue weighted by Crippen LogP contribution is 2.12. The van der Waals surface area contributed by atoms with Crippen LogP contribution in [0.4, 0.5) is 10.1 Å². The van der Waals surface area contributed by atoms with Crippen LogP contribution >= 0.6 is 0 Å². The van der Waals surface area contributed by atoms with Crippen molar-refractivity contribution in [2.45, 2.75) is 5.75 Å². The van der Waals surface area contributed by atoms with Crippen LogP contribution in [0.1, 0.15) is 15.9 Å². The first-order valence-corrected chi connectivity index (χ1v) is 8.16. The molecule has 0 aromatic heterocycles. The molecule has 0 aliphatic carbocycles. The molecule has 0 saturated carbocycles. The number of para-hydroxylation sites is 1. The van der Waals surface area contributed by atoms with Crippen LogP contribution < -0.4 is 5.32 Å². The fourth-order valence-electron chi connectivity index (χ4n) is 1.88. The SMILES string of the molecule is O=C(CS(=O)Cc1ccc(C(=O)O)cc1)Nc1ccccc1F. The van der Waals surface area contributed by atoms with Gasteiger partial charge in [0, 0.05) is 16.6 Å². The van der Waals surface area contributed by atoms with Crippen molar-refractivity contribution in [3.05, 3.63) is 65.5 Å². The zero-order valence-corrected chi connectivity index (χ0v) is 12.8. The summed E-state index contributed by atoms with van der Waals surface area (Å²) in [6, 6.07) is 11.6. The number of carboxylic acids is 1. The first-order valence-electron chi connectivity index (χ1n) is 6.67. The number of amides is 1. The van der Waals surface area contributed by atoms with Crippen LogP contribution in [0.15, 0.2) is 48.5 Å². The van der Waals surface area contributed by atoms with E-state index >= 15 is 0 Å². The van der Waals surface area contributed by atoms with Gasteiger partial charge in [-0.15, -0.1) is 0 Å². The predicted octanol–water partition coefficient (Wildman–Crippen LogP) is 2.41. The van der Waals surface area contributed by atoms with Crippen molar-refractivity contribution in [3.63, 3.8) is 0 Å². The molecule has 0 fully saturated rings. The minimum atomic E-state index is -1.48. The van der Waals surface area contributed by atoms with E-state index < -0.39 is 28.5 Å². The van der Waals surface area contributed by atoms with Crippen LogP contribution in [0.2, 0.25) is 0 Å². The summed E-state index contributed by atoms with van der Waals surface area (Å²) in [4.78, 5) is 22.5. The summed E-state index contributed by atoms with van der Waals surface area (Å²) in [6.07, 6.45) is 0. The highest BCUT2D eigenvalue weighted by Gasteiger charge is 2.11. The lowest BCUT2D eigenvalue weighted by Gasteiger charge is -2.06. The zero-order chi connectivity index (χ0) is 16.8. The van der Waals surface area contributed by atoms with E-state index in [1.54, 1.807) is 18.2 Å². The van der Waals surface area contributed by atoms with E-state index in [0.29, 0.717) is 5.56 Å². The van der Waals surface area contributed by atoms with Crippen LogP contribution in [0, 0.1) is 5.82 Å². The van der Waals surface area contributed by atoms with Gasteiger partial charge in [-0.1, -0.05) is 24.3 Å². The Hall–Kier alpha value is -2.54. The molecule has 0 heterocycles. The standard InChI is InChI=1S/C16H14FNO4S/c17-13-3-1-2-4-14(13)18-15(19)10-23(22)9-11-5-7-12(8-6-11)16(20)21/h1-8H,9-10H2,(H,18,19)(H,20,21). The first-order chi connectivity index (χ1) is 11.0. The highest BCUT2D eigenvalue weighted by molar-refractivity contribution is 7.84.